The fourth-order valence-corrected chi connectivity index (χ4v) is 5.46. The number of carbonyl (C=O) groups excluding carboxylic acids is 2. The average Bonchev–Trinajstić information content (AvgIpc) is 2.51. The number of hydrogen-bond acceptors (Lipinski definition) is 4. The van der Waals surface area contributed by atoms with Crippen molar-refractivity contribution in [2.45, 2.75) is 44.1 Å². The average molecular weight is 329 g/mol. The lowest BCUT2D eigenvalue weighted by Crippen LogP contribution is -2.58. The molecule has 0 aliphatic heterocycles. The van der Waals surface area contributed by atoms with E-state index < -0.39 is 11.0 Å². The minimum atomic E-state index is -0.699. The molecular weight excluding hydrogens is 306 g/mol. The predicted molar refractivity (Wildman–Crippen MR) is 88.1 cm³/mol. The number of para-hydroxylation sites is 1. The lowest BCUT2D eigenvalue weighted by molar-refractivity contribution is -0.196. The number of carbonyl (C=O) groups is 2. The molecule has 0 spiro atoms. The van der Waals surface area contributed by atoms with Crippen LogP contribution in [0.15, 0.2) is 30.3 Å². The molecule has 4 atom stereocenters. The van der Waals surface area contributed by atoms with Crippen LogP contribution < -0.4 is 5.32 Å². The zero-order chi connectivity index (χ0) is 16.8. The Balaban J connectivity index is 1.37. The normalized spacial score (nSPS) is 36.4. The third-order valence-electron chi connectivity index (χ3n) is 5.86. The van der Waals surface area contributed by atoms with Gasteiger partial charge in [0.2, 0.25) is 0 Å². The Kier molecular flexibility index (Phi) is 3.64. The van der Waals surface area contributed by atoms with Crippen LogP contribution in [-0.4, -0.2) is 29.2 Å². The van der Waals surface area contributed by atoms with Gasteiger partial charge in [0.25, 0.3) is 5.91 Å². The Morgan fingerprint density at radius 1 is 1.12 bits per heavy atom. The number of rotatable bonds is 4. The highest BCUT2D eigenvalue weighted by Gasteiger charge is 2.60. The molecule has 128 valence electrons. The van der Waals surface area contributed by atoms with E-state index in [1.54, 1.807) is 12.1 Å². The number of nitrogens with one attached hydrogen (secondary N) is 1. The number of ether oxygens (including phenoxy) is 1. The Labute approximate surface area is 141 Å². The first-order chi connectivity index (χ1) is 11.5. The number of hydrogen-bond donors (Lipinski definition) is 2. The molecule has 4 saturated carbocycles. The maximum atomic E-state index is 12.7. The number of benzene rings is 1. The molecule has 4 aliphatic rings. The van der Waals surface area contributed by atoms with Crippen LogP contribution in [-0.2, 0) is 14.3 Å². The predicted octanol–water partition coefficient (Wildman–Crippen LogP) is 2.50. The van der Waals surface area contributed by atoms with Gasteiger partial charge in [0, 0.05) is 5.69 Å². The van der Waals surface area contributed by atoms with E-state index in [9.17, 15) is 14.7 Å². The molecule has 1 aromatic rings. The van der Waals surface area contributed by atoms with Gasteiger partial charge in [0.05, 0.1) is 11.0 Å². The fraction of sp³-hybridized carbons (Fsp3) is 0.579. The van der Waals surface area contributed by atoms with Crippen molar-refractivity contribution in [3.05, 3.63) is 30.3 Å². The summed E-state index contributed by atoms with van der Waals surface area (Å²) in [6, 6.07) is 9.10. The number of amides is 1. The number of esters is 1. The van der Waals surface area contributed by atoms with Gasteiger partial charge in [0.1, 0.15) is 0 Å². The van der Waals surface area contributed by atoms with E-state index in [0.717, 1.165) is 32.1 Å². The van der Waals surface area contributed by atoms with Crippen LogP contribution in [0.3, 0.4) is 0 Å². The van der Waals surface area contributed by atoms with E-state index in [1.807, 2.05) is 18.2 Å². The summed E-state index contributed by atoms with van der Waals surface area (Å²) in [6.07, 6.45) is 4.83. The maximum Gasteiger partial charge on any atom is 0.312 e. The standard InChI is InChI=1S/C19H23NO4/c21-16(20-15-4-2-1-3-5-15)11-24-17(22)18-7-13-6-14(8-18)10-19(23,9-13)12-18/h1-5,13-14,23H,6-12H2,(H,20,21)/t13-,14+,18?,19?. The van der Waals surface area contributed by atoms with E-state index in [2.05, 4.69) is 5.32 Å². The summed E-state index contributed by atoms with van der Waals surface area (Å²) in [5, 5.41) is 13.4. The molecular formula is C19H23NO4. The fourth-order valence-electron chi connectivity index (χ4n) is 5.46. The summed E-state index contributed by atoms with van der Waals surface area (Å²) in [6.45, 7) is -0.275. The third-order valence-corrected chi connectivity index (χ3v) is 5.86. The summed E-state index contributed by atoms with van der Waals surface area (Å²) < 4.78 is 5.34. The molecule has 0 radical (unpaired) electrons. The minimum Gasteiger partial charge on any atom is -0.455 e. The molecule has 0 heterocycles. The molecule has 2 N–H and O–H groups in total. The summed E-state index contributed by atoms with van der Waals surface area (Å²) in [4.78, 5) is 24.7. The topological polar surface area (TPSA) is 75.6 Å². The van der Waals surface area contributed by atoms with Gasteiger partial charge in [-0.05, 0) is 62.5 Å². The van der Waals surface area contributed by atoms with E-state index in [4.69, 9.17) is 4.74 Å². The van der Waals surface area contributed by atoms with Gasteiger partial charge in [-0.1, -0.05) is 18.2 Å². The summed E-state index contributed by atoms with van der Waals surface area (Å²) >= 11 is 0. The van der Waals surface area contributed by atoms with Crippen LogP contribution >= 0.6 is 0 Å². The molecule has 4 bridgehead atoms. The van der Waals surface area contributed by atoms with Crippen molar-refractivity contribution >= 4 is 17.6 Å². The molecule has 4 fully saturated rings. The lowest BCUT2D eigenvalue weighted by Gasteiger charge is -2.58. The molecule has 24 heavy (non-hydrogen) atoms. The van der Waals surface area contributed by atoms with Crippen molar-refractivity contribution in [2.24, 2.45) is 17.3 Å². The SMILES string of the molecule is O=C(COC(=O)C12C[C@@H]3C[C@@H](CC(O)(C3)C1)C2)Nc1ccccc1. The van der Waals surface area contributed by atoms with Gasteiger partial charge in [-0.3, -0.25) is 9.59 Å². The van der Waals surface area contributed by atoms with Crippen molar-refractivity contribution in [1.82, 2.24) is 0 Å². The highest BCUT2D eigenvalue weighted by molar-refractivity contribution is 5.93. The second-order valence-electron chi connectivity index (χ2n) is 7.96. The molecule has 2 unspecified atom stereocenters. The second kappa shape index (κ2) is 5.59. The summed E-state index contributed by atoms with van der Waals surface area (Å²) in [5.74, 6) is 0.195. The van der Waals surface area contributed by atoms with Gasteiger partial charge >= 0.3 is 5.97 Å². The van der Waals surface area contributed by atoms with E-state index in [-0.39, 0.29) is 18.5 Å². The number of anilines is 1. The van der Waals surface area contributed by atoms with Crippen LogP contribution in [0.1, 0.15) is 38.5 Å². The maximum absolute atomic E-state index is 12.7. The lowest BCUT2D eigenvalue weighted by atomic mass is 9.48. The quantitative estimate of drug-likeness (QED) is 0.832. The zero-order valence-electron chi connectivity index (χ0n) is 13.7. The van der Waals surface area contributed by atoms with Crippen molar-refractivity contribution in [3.63, 3.8) is 0 Å². The van der Waals surface area contributed by atoms with Gasteiger partial charge in [-0.25, -0.2) is 0 Å². The van der Waals surface area contributed by atoms with Crippen LogP contribution in [0.4, 0.5) is 5.69 Å². The molecule has 1 amide bonds. The minimum absolute atomic E-state index is 0.275. The van der Waals surface area contributed by atoms with Gasteiger partial charge in [-0.15, -0.1) is 0 Å². The smallest absolute Gasteiger partial charge is 0.312 e. The van der Waals surface area contributed by atoms with E-state index >= 15 is 0 Å². The summed E-state index contributed by atoms with van der Waals surface area (Å²) in [5.41, 5.74) is -0.594. The van der Waals surface area contributed by atoms with Crippen LogP contribution in [0.25, 0.3) is 0 Å². The monoisotopic (exact) mass is 329 g/mol. The Morgan fingerprint density at radius 2 is 1.79 bits per heavy atom. The van der Waals surface area contributed by atoms with E-state index in [0.29, 0.717) is 23.9 Å². The molecule has 5 heteroatoms. The molecule has 1 aromatic carbocycles. The van der Waals surface area contributed by atoms with Crippen molar-refractivity contribution in [1.29, 1.82) is 0 Å². The second-order valence-corrected chi connectivity index (χ2v) is 7.96. The molecule has 0 saturated heterocycles. The number of aliphatic hydroxyl groups is 1. The van der Waals surface area contributed by atoms with Crippen molar-refractivity contribution < 1.29 is 19.4 Å². The Morgan fingerprint density at radius 3 is 2.42 bits per heavy atom. The molecule has 5 rings (SSSR count). The first-order valence-corrected chi connectivity index (χ1v) is 8.71. The van der Waals surface area contributed by atoms with Gasteiger partial charge < -0.3 is 15.2 Å². The highest BCUT2D eigenvalue weighted by atomic mass is 16.5. The highest BCUT2D eigenvalue weighted by Crippen LogP contribution is 2.61. The Hall–Kier alpha value is -1.88. The largest absolute Gasteiger partial charge is 0.455 e. The molecule has 4 aliphatic carbocycles. The third kappa shape index (κ3) is 2.81. The molecule has 0 aromatic heterocycles. The van der Waals surface area contributed by atoms with Gasteiger partial charge in [-0.2, -0.15) is 0 Å². The molecule has 5 nitrogen and oxygen atoms in total. The van der Waals surface area contributed by atoms with E-state index in [1.165, 1.54) is 0 Å². The van der Waals surface area contributed by atoms with Crippen molar-refractivity contribution in [3.8, 4) is 0 Å². The zero-order valence-corrected chi connectivity index (χ0v) is 13.7. The van der Waals surface area contributed by atoms with Crippen LogP contribution in [0.2, 0.25) is 0 Å². The van der Waals surface area contributed by atoms with Crippen LogP contribution in [0, 0.1) is 17.3 Å². The van der Waals surface area contributed by atoms with Crippen LogP contribution in [0.5, 0.6) is 0 Å². The Bertz CT molecular complexity index is 643. The summed E-state index contributed by atoms with van der Waals surface area (Å²) in [7, 11) is 0. The van der Waals surface area contributed by atoms with Gasteiger partial charge in [0.15, 0.2) is 6.61 Å². The van der Waals surface area contributed by atoms with Crippen molar-refractivity contribution in [2.75, 3.05) is 11.9 Å². The first kappa shape index (κ1) is 15.6. The first-order valence-electron chi connectivity index (χ1n) is 8.71.